The molecule has 2 rings (SSSR count). The molecular weight excluding hydrogens is 287 g/mol. The molecule has 1 heterocycles. The zero-order valence-corrected chi connectivity index (χ0v) is 12.3. The van der Waals surface area contributed by atoms with Gasteiger partial charge in [0.05, 0.1) is 4.90 Å². The minimum absolute atomic E-state index is 0.0665. The van der Waals surface area contributed by atoms with Crippen molar-refractivity contribution in [2.45, 2.75) is 30.7 Å². The summed E-state index contributed by atoms with van der Waals surface area (Å²) in [5.74, 6) is 1.29. The summed E-state index contributed by atoms with van der Waals surface area (Å²) in [5.41, 5.74) is 5.74. The second-order valence-electron chi connectivity index (χ2n) is 4.63. The highest BCUT2D eigenvalue weighted by Gasteiger charge is 2.24. The minimum Gasteiger partial charge on any atom is -0.399 e. The van der Waals surface area contributed by atoms with Crippen LogP contribution < -0.4 is 10.5 Å². The summed E-state index contributed by atoms with van der Waals surface area (Å²) in [7, 11) is -3.71. The predicted octanol–water partition coefficient (Wildman–Crippen LogP) is 1.89. The van der Waals surface area contributed by atoms with E-state index in [0.717, 1.165) is 30.4 Å². The topological polar surface area (TPSA) is 72.2 Å². The predicted molar refractivity (Wildman–Crippen MR) is 76.2 cm³/mol. The molecule has 0 aromatic heterocycles. The number of nitrogens with two attached hydrogens (primary N) is 1. The van der Waals surface area contributed by atoms with Gasteiger partial charge in [0.15, 0.2) is 0 Å². The molecule has 0 bridgehead atoms. The van der Waals surface area contributed by atoms with Crippen LogP contribution in [0.3, 0.4) is 0 Å². The molecule has 0 aliphatic carbocycles. The van der Waals surface area contributed by atoms with Gasteiger partial charge < -0.3 is 5.73 Å². The van der Waals surface area contributed by atoms with Crippen LogP contribution >= 0.6 is 11.8 Å². The first kappa shape index (κ1) is 14.6. The molecule has 0 amide bonds. The van der Waals surface area contributed by atoms with Crippen LogP contribution in [-0.2, 0) is 10.0 Å². The van der Waals surface area contributed by atoms with E-state index >= 15 is 0 Å². The van der Waals surface area contributed by atoms with Crippen molar-refractivity contribution in [2.75, 3.05) is 17.2 Å². The van der Waals surface area contributed by atoms with Crippen molar-refractivity contribution in [2.24, 2.45) is 0 Å². The van der Waals surface area contributed by atoms with E-state index in [0.29, 0.717) is 0 Å². The van der Waals surface area contributed by atoms with E-state index in [2.05, 4.69) is 4.72 Å². The molecule has 0 saturated carbocycles. The van der Waals surface area contributed by atoms with E-state index in [1.54, 1.807) is 0 Å². The van der Waals surface area contributed by atoms with Gasteiger partial charge in [-0.2, -0.15) is 11.8 Å². The Morgan fingerprint density at radius 1 is 1.37 bits per heavy atom. The fraction of sp³-hybridized carbons (Fsp3) is 0.500. The number of benzene rings is 1. The fourth-order valence-electron chi connectivity index (χ4n) is 2.05. The molecule has 3 N–H and O–H groups in total. The molecule has 0 spiro atoms. The van der Waals surface area contributed by atoms with Crippen molar-refractivity contribution in [3.63, 3.8) is 0 Å². The SMILES string of the molecule is Cc1c(F)cc(N)cc1S(=O)(=O)NC1CCSCC1. The molecule has 19 heavy (non-hydrogen) atoms. The quantitative estimate of drug-likeness (QED) is 0.837. The highest BCUT2D eigenvalue weighted by Crippen LogP contribution is 2.24. The molecule has 7 heteroatoms. The Morgan fingerprint density at radius 3 is 2.63 bits per heavy atom. The minimum atomic E-state index is -3.71. The Kier molecular flexibility index (Phi) is 4.37. The molecule has 0 atom stereocenters. The summed E-state index contributed by atoms with van der Waals surface area (Å²) < 4.78 is 40.8. The molecule has 0 radical (unpaired) electrons. The zero-order chi connectivity index (χ0) is 14.0. The van der Waals surface area contributed by atoms with Gasteiger partial charge in [-0.25, -0.2) is 17.5 Å². The van der Waals surface area contributed by atoms with E-state index in [-0.39, 0.29) is 22.2 Å². The van der Waals surface area contributed by atoms with Crippen molar-refractivity contribution in [3.8, 4) is 0 Å². The Balaban J connectivity index is 2.28. The summed E-state index contributed by atoms with van der Waals surface area (Å²) in [6, 6.07) is 2.36. The van der Waals surface area contributed by atoms with Gasteiger partial charge in [-0.1, -0.05) is 0 Å². The van der Waals surface area contributed by atoms with Crippen molar-refractivity contribution in [1.29, 1.82) is 0 Å². The van der Waals surface area contributed by atoms with Crippen LogP contribution in [0.5, 0.6) is 0 Å². The zero-order valence-electron chi connectivity index (χ0n) is 10.6. The lowest BCUT2D eigenvalue weighted by molar-refractivity contribution is 0.526. The molecule has 1 aromatic rings. The first-order chi connectivity index (χ1) is 8.90. The first-order valence-electron chi connectivity index (χ1n) is 6.06. The third-order valence-electron chi connectivity index (χ3n) is 3.15. The van der Waals surface area contributed by atoms with Gasteiger partial charge in [0.2, 0.25) is 10.0 Å². The molecule has 1 aliphatic heterocycles. The molecule has 1 aliphatic rings. The first-order valence-corrected chi connectivity index (χ1v) is 8.69. The number of rotatable bonds is 3. The maximum absolute atomic E-state index is 13.6. The third-order valence-corrected chi connectivity index (χ3v) is 5.85. The number of hydrogen-bond acceptors (Lipinski definition) is 4. The normalized spacial score (nSPS) is 17.6. The summed E-state index contributed by atoms with van der Waals surface area (Å²) in [5, 5.41) is 0. The summed E-state index contributed by atoms with van der Waals surface area (Å²) in [6.07, 6.45) is 1.60. The molecular formula is C12H17FN2O2S2. The highest BCUT2D eigenvalue weighted by atomic mass is 32.2. The largest absolute Gasteiger partial charge is 0.399 e. The van der Waals surface area contributed by atoms with Gasteiger partial charge in [-0.05, 0) is 43.4 Å². The fourth-order valence-corrected chi connectivity index (χ4v) is 4.75. The van der Waals surface area contributed by atoms with Crippen LogP contribution in [-0.4, -0.2) is 26.0 Å². The van der Waals surface area contributed by atoms with E-state index in [4.69, 9.17) is 5.73 Å². The Labute approximate surface area is 117 Å². The number of anilines is 1. The molecule has 0 unspecified atom stereocenters. The van der Waals surface area contributed by atoms with Crippen LogP contribution in [0.1, 0.15) is 18.4 Å². The Morgan fingerprint density at radius 2 is 2.00 bits per heavy atom. The number of thioether (sulfide) groups is 1. The molecule has 4 nitrogen and oxygen atoms in total. The van der Waals surface area contributed by atoms with Crippen LogP contribution in [0, 0.1) is 12.7 Å². The van der Waals surface area contributed by atoms with Crippen LogP contribution in [0.15, 0.2) is 17.0 Å². The van der Waals surface area contributed by atoms with Crippen molar-refractivity contribution in [1.82, 2.24) is 4.72 Å². The Hall–Kier alpha value is -0.790. The second kappa shape index (κ2) is 5.68. The van der Waals surface area contributed by atoms with Crippen LogP contribution in [0.25, 0.3) is 0 Å². The third kappa shape index (κ3) is 3.40. The summed E-state index contributed by atoms with van der Waals surface area (Å²) >= 11 is 1.81. The summed E-state index contributed by atoms with van der Waals surface area (Å²) in [4.78, 5) is -0.0665. The number of nitrogens with one attached hydrogen (secondary N) is 1. The second-order valence-corrected chi connectivity index (χ2v) is 7.54. The van der Waals surface area contributed by atoms with Crippen molar-refractivity contribution < 1.29 is 12.8 Å². The lowest BCUT2D eigenvalue weighted by atomic mass is 10.2. The maximum atomic E-state index is 13.6. The van der Waals surface area contributed by atoms with Gasteiger partial charge in [-0.15, -0.1) is 0 Å². The number of halogens is 1. The monoisotopic (exact) mass is 304 g/mol. The molecule has 106 valence electrons. The number of sulfonamides is 1. The number of hydrogen-bond donors (Lipinski definition) is 2. The highest BCUT2D eigenvalue weighted by molar-refractivity contribution is 7.99. The molecule has 1 fully saturated rings. The molecule has 1 saturated heterocycles. The van der Waals surface area contributed by atoms with Crippen molar-refractivity contribution in [3.05, 3.63) is 23.5 Å². The lowest BCUT2D eigenvalue weighted by Crippen LogP contribution is -2.37. The van der Waals surface area contributed by atoms with E-state index in [9.17, 15) is 12.8 Å². The average Bonchev–Trinajstić information content (AvgIpc) is 2.34. The van der Waals surface area contributed by atoms with Crippen molar-refractivity contribution >= 4 is 27.5 Å². The van der Waals surface area contributed by atoms with Gasteiger partial charge in [-0.3, -0.25) is 0 Å². The van der Waals surface area contributed by atoms with E-state index in [1.165, 1.54) is 13.0 Å². The summed E-state index contributed by atoms with van der Waals surface area (Å²) in [6.45, 7) is 1.44. The van der Waals surface area contributed by atoms with Gasteiger partial charge >= 0.3 is 0 Å². The van der Waals surface area contributed by atoms with E-state index in [1.807, 2.05) is 11.8 Å². The van der Waals surface area contributed by atoms with Gasteiger partial charge in [0.25, 0.3) is 0 Å². The Bertz CT molecular complexity index is 569. The van der Waals surface area contributed by atoms with Gasteiger partial charge in [0, 0.05) is 17.3 Å². The smallest absolute Gasteiger partial charge is 0.241 e. The molecule has 1 aromatic carbocycles. The lowest BCUT2D eigenvalue weighted by Gasteiger charge is -2.23. The van der Waals surface area contributed by atoms with Gasteiger partial charge in [0.1, 0.15) is 5.82 Å². The van der Waals surface area contributed by atoms with E-state index < -0.39 is 15.8 Å². The van der Waals surface area contributed by atoms with Crippen LogP contribution in [0.2, 0.25) is 0 Å². The maximum Gasteiger partial charge on any atom is 0.241 e. The number of nitrogen functional groups attached to an aromatic ring is 1. The van der Waals surface area contributed by atoms with Crippen LogP contribution in [0.4, 0.5) is 10.1 Å². The average molecular weight is 304 g/mol. The standard InChI is InChI=1S/C12H17FN2O2S2/c1-8-11(13)6-9(14)7-12(8)19(16,17)15-10-2-4-18-5-3-10/h6-7,10,15H,2-5,14H2,1H3.